The van der Waals surface area contributed by atoms with E-state index in [9.17, 15) is 0 Å². The largest absolute Gasteiger partial charge is 0.354 e. The molecule has 0 radical (unpaired) electrons. The third-order valence-electron chi connectivity index (χ3n) is 2.65. The number of hydrogen-bond acceptors (Lipinski definition) is 4. The second-order valence-corrected chi connectivity index (χ2v) is 4.22. The van der Waals surface area contributed by atoms with Gasteiger partial charge in [0.1, 0.15) is 11.9 Å². The summed E-state index contributed by atoms with van der Waals surface area (Å²) >= 11 is 0. The van der Waals surface area contributed by atoms with Crippen molar-refractivity contribution in [3.05, 3.63) is 53.5 Å². The summed E-state index contributed by atoms with van der Waals surface area (Å²) in [6.07, 6.45) is 3.11. The zero-order valence-corrected chi connectivity index (χ0v) is 10.5. The average molecular weight is 238 g/mol. The van der Waals surface area contributed by atoms with Crippen molar-refractivity contribution < 1.29 is 0 Å². The van der Waals surface area contributed by atoms with Gasteiger partial charge in [0.15, 0.2) is 5.69 Å². The van der Waals surface area contributed by atoms with Crippen LogP contribution in [0.3, 0.4) is 0 Å². The number of nitriles is 1. The number of aryl methyl sites for hydroxylation is 1. The molecule has 0 bridgehead atoms. The van der Waals surface area contributed by atoms with Crippen molar-refractivity contribution in [3.63, 3.8) is 0 Å². The van der Waals surface area contributed by atoms with Crippen LogP contribution in [0.15, 0.2) is 36.7 Å². The molecule has 2 aromatic rings. The quantitative estimate of drug-likeness (QED) is 0.823. The Labute approximate surface area is 107 Å². The van der Waals surface area contributed by atoms with Gasteiger partial charge in [-0.15, -0.1) is 0 Å². The first-order valence-electron chi connectivity index (χ1n) is 5.68. The molecule has 90 valence electrons. The maximum atomic E-state index is 8.67. The average Bonchev–Trinajstić information content (AvgIpc) is 2.39. The minimum Gasteiger partial charge on any atom is -0.354 e. The van der Waals surface area contributed by atoms with E-state index < -0.39 is 0 Å². The summed E-state index contributed by atoms with van der Waals surface area (Å²) in [5.41, 5.74) is 2.80. The van der Waals surface area contributed by atoms with E-state index in [0.717, 1.165) is 12.4 Å². The van der Waals surface area contributed by atoms with Crippen molar-refractivity contribution >= 4 is 5.82 Å². The molecular formula is C14H14N4. The van der Waals surface area contributed by atoms with Gasteiger partial charge >= 0.3 is 0 Å². The molecule has 0 atom stereocenters. The van der Waals surface area contributed by atoms with E-state index in [2.05, 4.69) is 35.1 Å². The van der Waals surface area contributed by atoms with Crippen molar-refractivity contribution in [2.45, 2.75) is 13.5 Å². The standard InChI is InChI=1S/C14H14N4/c1-11-4-3-5-12(6-11)10-18(2)14-9-16-13(7-15)8-17-14/h3-6,8-9H,10H2,1-2H3. The Morgan fingerprint density at radius 3 is 2.72 bits per heavy atom. The Bertz CT molecular complexity index is 569. The van der Waals surface area contributed by atoms with Crippen LogP contribution in [0.2, 0.25) is 0 Å². The second kappa shape index (κ2) is 5.28. The first kappa shape index (κ1) is 12.1. The number of nitrogens with zero attached hydrogens (tertiary/aromatic N) is 4. The lowest BCUT2D eigenvalue weighted by Crippen LogP contribution is -2.18. The van der Waals surface area contributed by atoms with Crippen LogP contribution in [0.1, 0.15) is 16.8 Å². The molecule has 2 rings (SSSR count). The van der Waals surface area contributed by atoms with Gasteiger partial charge in [0.25, 0.3) is 0 Å². The van der Waals surface area contributed by atoms with Crippen molar-refractivity contribution in [2.75, 3.05) is 11.9 Å². The molecule has 0 fully saturated rings. The van der Waals surface area contributed by atoms with E-state index in [1.807, 2.05) is 24.1 Å². The Hall–Kier alpha value is -2.41. The SMILES string of the molecule is Cc1cccc(CN(C)c2cnc(C#N)cn2)c1. The highest BCUT2D eigenvalue weighted by Gasteiger charge is 2.04. The molecule has 1 heterocycles. The van der Waals surface area contributed by atoms with E-state index in [4.69, 9.17) is 5.26 Å². The summed E-state index contributed by atoms with van der Waals surface area (Å²) in [7, 11) is 1.96. The molecule has 0 N–H and O–H groups in total. The van der Waals surface area contributed by atoms with E-state index in [-0.39, 0.29) is 0 Å². The first-order chi connectivity index (χ1) is 8.69. The summed E-state index contributed by atoms with van der Waals surface area (Å²) in [5, 5.41) is 8.67. The Morgan fingerprint density at radius 1 is 1.28 bits per heavy atom. The highest BCUT2D eigenvalue weighted by atomic mass is 15.2. The van der Waals surface area contributed by atoms with Crippen molar-refractivity contribution in [2.24, 2.45) is 0 Å². The number of benzene rings is 1. The lowest BCUT2D eigenvalue weighted by Gasteiger charge is -2.17. The predicted octanol–water partition coefficient (Wildman–Crippen LogP) is 2.29. The molecule has 0 spiro atoms. The first-order valence-corrected chi connectivity index (χ1v) is 5.68. The van der Waals surface area contributed by atoms with Crippen molar-refractivity contribution in [1.82, 2.24) is 9.97 Å². The van der Waals surface area contributed by atoms with Crippen LogP contribution in [-0.4, -0.2) is 17.0 Å². The molecule has 18 heavy (non-hydrogen) atoms. The lowest BCUT2D eigenvalue weighted by atomic mass is 10.1. The molecule has 0 aliphatic carbocycles. The molecule has 0 amide bonds. The third-order valence-corrected chi connectivity index (χ3v) is 2.65. The predicted molar refractivity (Wildman–Crippen MR) is 70.0 cm³/mol. The molecule has 1 aromatic heterocycles. The molecule has 0 unspecified atom stereocenters. The molecular weight excluding hydrogens is 224 g/mol. The van der Waals surface area contributed by atoms with Crippen LogP contribution in [0.5, 0.6) is 0 Å². The van der Waals surface area contributed by atoms with Gasteiger partial charge in [-0.05, 0) is 12.5 Å². The van der Waals surface area contributed by atoms with Gasteiger partial charge in [-0.2, -0.15) is 5.26 Å². The minimum absolute atomic E-state index is 0.336. The molecule has 0 saturated heterocycles. The zero-order chi connectivity index (χ0) is 13.0. The van der Waals surface area contributed by atoms with Gasteiger partial charge in [0, 0.05) is 13.6 Å². The molecule has 4 heteroatoms. The summed E-state index contributed by atoms with van der Waals surface area (Å²) in [5.74, 6) is 0.760. The molecule has 0 aliphatic rings. The summed E-state index contributed by atoms with van der Waals surface area (Å²) in [4.78, 5) is 10.2. The maximum Gasteiger partial charge on any atom is 0.158 e. The van der Waals surface area contributed by atoms with Crippen LogP contribution < -0.4 is 4.90 Å². The highest BCUT2D eigenvalue weighted by Crippen LogP contribution is 2.12. The Morgan fingerprint density at radius 2 is 2.11 bits per heavy atom. The highest BCUT2D eigenvalue weighted by molar-refractivity contribution is 5.38. The smallest absolute Gasteiger partial charge is 0.158 e. The number of anilines is 1. The van der Waals surface area contributed by atoms with Crippen LogP contribution in [0.4, 0.5) is 5.82 Å². The van der Waals surface area contributed by atoms with Crippen molar-refractivity contribution in [1.29, 1.82) is 5.26 Å². The van der Waals surface area contributed by atoms with Gasteiger partial charge in [-0.3, -0.25) is 0 Å². The van der Waals surface area contributed by atoms with Gasteiger partial charge < -0.3 is 4.90 Å². The van der Waals surface area contributed by atoms with E-state index in [1.54, 1.807) is 6.20 Å². The molecule has 0 saturated carbocycles. The van der Waals surface area contributed by atoms with Gasteiger partial charge in [-0.1, -0.05) is 29.8 Å². The number of hydrogen-bond donors (Lipinski definition) is 0. The molecule has 0 aliphatic heterocycles. The van der Waals surface area contributed by atoms with Gasteiger partial charge in [0.05, 0.1) is 12.4 Å². The van der Waals surface area contributed by atoms with E-state index in [1.165, 1.54) is 17.3 Å². The summed E-state index contributed by atoms with van der Waals surface area (Å²) in [6.45, 7) is 2.84. The van der Waals surface area contributed by atoms with Crippen LogP contribution >= 0.6 is 0 Å². The molecule has 1 aromatic carbocycles. The topological polar surface area (TPSA) is 52.8 Å². The fourth-order valence-electron chi connectivity index (χ4n) is 1.74. The third kappa shape index (κ3) is 2.83. The van der Waals surface area contributed by atoms with E-state index >= 15 is 0 Å². The normalized spacial score (nSPS) is 9.83. The number of aromatic nitrogens is 2. The fourth-order valence-corrected chi connectivity index (χ4v) is 1.74. The van der Waals surface area contributed by atoms with Gasteiger partial charge in [-0.25, -0.2) is 9.97 Å². The minimum atomic E-state index is 0.336. The zero-order valence-electron chi connectivity index (χ0n) is 10.5. The van der Waals surface area contributed by atoms with Crippen molar-refractivity contribution in [3.8, 4) is 6.07 Å². The summed E-state index contributed by atoms with van der Waals surface area (Å²) < 4.78 is 0. The molecule has 4 nitrogen and oxygen atoms in total. The Kier molecular flexibility index (Phi) is 3.54. The fraction of sp³-hybridized carbons (Fsp3) is 0.214. The maximum absolute atomic E-state index is 8.67. The van der Waals surface area contributed by atoms with Gasteiger partial charge in [0.2, 0.25) is 0 Å². The van der Waals surface area contributed by atoms with Crippen LogP contribution in [0, 0.1) is 18.3 Å². The number of rotatable bonds is 3. The lowest BCUT2D eigenvalue weighted by molar-refractivity contribution is 0.887. The van der Waals surface area contributed by atoms with Crippen LogP contribution in [0.25, 0.3) is 0 Å². The Balaban J connectivity index is 2.12. The second-order valence-electron chi connectivity index (χ2n) is 4.22. The summed E-state index contributed by atoms with van der Waals surface area (Å²) in [6, 6.07) is 10.3. The monoisotopic (exact) mass is 238 g/mol. The van der Waals surface area contributed by atoms with Crippen LogP contribution in [-0.2, 0) is 6.54 Å². The van der Waals surface area contributed by atoms with E-state index in [0.29, 0.717) is 5.69 Å².